The number of carbonyl (C=O) groups is 2. The van der Waals surface area contributed by atoms with E-state index in [0.29, 0.717) is 34.4 Å². The third-order valence-corrected chi connectivity index (χ3v) is 5.68. The van der Waals surface area contributed by atoms with Crippen molar-refractivity contribution in [1.29, 1.82) is 0 Å². The second-order valence-corrected chi connectivity index (χ2v) is 9.19. The van der Waals surface area contributed by atoms with Crippen LogP contribution in [0.4, 0.5) is 0 Å². The fourth-order valence-electron chi connectivity index (χ4n) is 3.22. The Hall–Kier alpha value is -3.35. The van der Waals surface area contributed by atoms with Crippen LogP contribution in [0, 0.1) is 5.92 Å². The lowest BCUT2D eigenvalue weighted by atomic mass is 10.0. The Labute approximate surface area is 215 Å². The number of nitrogens with zero attached hydrogens (tertiary/aromatic N) is 1. The Morgan fingerprint density at radius 1 is 0.971 bits per heavy atom. The largest absolute Gasteiger partial charge is 0.489 e. The summed E-state index contributed by atoms with van der Waals surface area (Å²) in [5.41, 5.74) is 4.63. The van der Waals surface area contributed by atoms with E-state index in [1.54, 1.807) is 24.3 Å². The molecule has 0 saturated carbocycles. The van der Waals surface area contributed by atoms with Crippen molar-refractivity contribution in [3.63, 3.8) is 0 Å². The quantitative estimate of drug-likeness (QED) is 0.264. The number of ether oxygens (including phenoxy) is 1. The predicted molar refractivity (Wildman–Crippen MR) is 140 cm³/mol. The molecule has 3 aromatic rings. The Morgan fingerprint density at radius 2 is 1.66 bits per heavy atom. The van der Waals surface area contributed by atoms with Crippen LogP contribution in [0.3, 0.4) is 0 Å². The van der Waals surface area contributed by atoms with E-state index in [0.717, 1.165) is 11.1 Å². The fraction of sp³-hybridized carbons (Fsp3) is 0.222. The van der Waals surface area contributed by atoms with E-state index in [2.05, 4.69) is 15.8 Å². The highest BCUT2D eigenvalue weighted by atomic mass is 35.5. The molecule has 182 valence electrons. The molecule has 6 nitrogen and oxygen atoms in total. The van der Waals surface area contributed by atoms with Gasteiger partial charge in [-0.1, -0.05) is 55.2 Å². The van der Waals surface area contributed by atoms with Gasteiger partial charge in [0, 0.05) is 21.2 Å². The van der Waals surface area contributed by atoms with E-state index in [1.165, 1.54) is 6.21 Å². The molecule has 0 radical (unpaired) electrons. The molecule has 1 unspecified atom stereocenters. The minimum atomic E-state index is -0.726. The molecule has 0 aliphatic carbocycles. The maximum Gasteiger partial charge on any atom is 0.262 e. The van der Waals surface area contributed by atoms with Crippen molar-refractivity contribution >= 4 is 41.2 Å². The molecule has 0 aromatic heterocycles. The topological polar surface area (TPSA) is 79.8 Å². The summed E-state index contributed by atoms with van der Waals surface area (Å²) in [6, 6.07) is 20.6. The SMILES string of the molecule is CC(C)CC(NC(=O)c1ccc(Cl)cc1)C(=O)NN=Cc1ccc(OCc2ccccc2Cl)cc1. The van der Waals surface area contributed by atoms with Gasteiger partial charge in [0.2, 0.25) is 0 Å². The van der Waals surface area contributed by atoms with Gasteiger partial charge < -0.3 is 10.1 Å². The maximum atomic E-state index is 12.7. The van der Waals surface area contributed by atoms with Crippen LogP contribution < -0.4 is 15.5 Å². The van der Waals surface area contributed by atoms with Crippen molar-refractivity contribution in [2.24, 2.45) is 11.0 Å². The van der Waals surface area contributed by atoms with Crippen molar-refractivity contribution in [2.75, 3.05) is 0 Å². The van der Waals surface area contributed by atoms with Gasteiger partial charge in [0.25, 0.3) is 11.8 Å². The van der Waals surface area contributed by atoms with E-state index >= 15 is 0 Å². The first-order valence-electron chi connectivity index (χ1n) is 11.2. The molecule has 0 aliphatic heterocycles. The number of benzene rings is 3. The highest BCUT2D eigenvalue weighted by Gasteiger charge is 2.22. The predicted octanol–water partition coefficient (Wildman–Crippen LogP) is 5.87. The molecule has 0 bridgehead atoms. The molecule has 0 saturated heterocycles. The van der Waals surface area contributed by atoms with Gasteiger partial charge in [-0.15, -0.1) is 0 Å². The van der Waals surface area contributed by atoms with E-state index in [-0.39, 0.29) is 11.8 Å². The molecule has 0 spiro atoms. The minimum absolute atomic E-state index is 0.193. The molecule has 0 aliphatic rings. The zero-order chi connectivity index (χ0) is 25.2. The Balaban J connectivity index is 1.54. The number of hydrazone groups is 1. The molecule has 0 heterocycles. The summed E-state index contributed by atoms with van der Waals surface area (Å²) in [7, 11) is 0. The maximum absolute atomic E-state index is 12.7. The summed E-state index contributed by atoms with van der Waals surface area (Å²) in [6.07, 6.45) is 2.00. The third kappa shape index (κ3) is 8.42. The van der Waals surface area contributed by atoms with Crippen LogP contribution in [0.5, 0.6) is 5.75 Å². The van der Waals surface area contributed by atoms with Gasteiger partial charge >= 0.3 is 0 Å². The molecule has 8 heteroatoms. The summed E-state index contributed by atoms with van der Waals surface area (Å²) in [5, 5.41) is 8.02. The van der Waals surface area contributed by atoms with Gasteiger partial charge in [-0.05, 0) is 72.5 Å². The third-order valence-electron chi connectivity index (χ3n) is 5.06. The number of hydrogen-bond donors (Lipinski definition) is 2. The number of rotatable bonds is 10. The highest BCUT2D eigenvalue weighted by molar-refractivity contribution is 6.31. The van der Waals surface area contributed by atoms with Crippen molar-refractivity contribution in [2.45, 2.75) is 32.9 Å². The summed E-state index contributed by atoms with van der Waals surface area (Å²) < 4.78 is 5.77. The van der Waals surface area contributed by atoms with Crippen LogP contribution in [0.1, 0.15) is 41.8 Å². The zero-order valence-electron chi connectivity index (χ0n) is 19.5. The van der Waals surface area contributed by atoms with Crippen LogP contribution in [0.15, 0.2) is 77.9 Å². The first-order valence-corrected chi connectivity index (χ1v) is 11.9. The summed E-state index contributed by atoms with van der Waals surface area (Å²) in [4.78, 5) is 25.3. The van der Waals surface area contributed by atoms with Crippen LogP contribution in [-0.4, -0.2) is 24.1 Å². The minimum Gasteiger partial charge on any atom is -0.489 e. The molecule has 3 rings (SSSR count). The van der Waals surface area contributed by atoms with Gasteiger partial charge in [0.1, 0.15) is 18.4 Å². The van der Waals surface area contributed by atoms with Gasteiger partial charge in [-0.25, -0.2) is 5.43 Å². The van der Waals surface area contributed by atoms with Gasteiger partial charge in [0.05, 0.1) is 6.21 Å². The smallest absolute Gasteiger partial charge is 0.262 e. The number of amides is 2. The molecular formula is C27H27Cl2N3O3. The summed E-state index contributed by atoms with van der Waals surface area (Å²) in [6.45, 7) is 4.32. The molecular weight excluding hydrogens is 485 g/mol. The van der Waals surface area contributed by atoms with E-state index in [1.807, 2.05) is 62.4 Å². The molecule has 0 fully saturated rings. The highest BCUT2D eigenvalue weighted by Crippen LogP contribution is 2.19. The fourth-order valence-corrected chi connectivity index (χ4v) is 3.54. The number of carbonyl (C=O) groups excluding carboxylic acids is 2. The lowest BCUT2D eigenvalue weighted by Gasteiger charge is -2.19. The van der Waals surface area contributed by atoms with Gasteiger partial charge in [0.15, 0.2) is 0 Å². The summed E-state index contributed by atoms with van der Waals surface area (Å²) >= 11 is 12.0. The van der Waals surface area contributed by atoms with Crippen LogP contribution in [-0.2, 0) is 11.4 Å². The number of halogens is 2. The van der Waals surface area contributed by atoms with Crippen LogP contribution in [0.2, 0.25) is 10.0 Å². The molecule has 2 N–H and O–H groups in total. The van der Waals surface area contributed by atoms with E-state index in [4.69, 9.17) is 27.9 Å². The second kappa shape index (κ2) is 12.9. The lowest BCUT2D eigenvalue weighted by Crippen LogP contribution is -2.46. The number of nitrogens with one attached hydrogen (secondary N) is 2. The van der Waals surface area contributed by atoms with Crippen LogP contribution >= 0.6 is 23.2 Å². The molecule has 35 heavy (non-hydrogen) atoms. The average Bonchev–Trinajstić information content (AvgIpc) is 2.84. The number of hydrogen-bond acceptors (Lipinski definition) is 4. The lowest BCUT2D eigenvalue weighted by molar-refractivity contribution is -0.123. The molecule has 2 amide bonds. The van der Waals surface area contributed by atoms with Crippen molar-refractivity contribution in [3.8, 4) is 5.75 Å². The Kier molecular flexibility index (Phi) is 9.70. The Morgan fingerprint density at radius 3 is 2.31 bits per heavy atom. The zero-order valence-corrected chi connectivity index (χ0v) is 21.0. The standard InChI is InChI=1S/C27H27Cl2N3O3/c1-18(2)15-25(31-26(33)20-9-11-22(28)12-10-20)27(34)32-30-16-19-7-13-23(14-8-19)35-17-21-5-3-4-6-24(21)29/h3-14,16,18,25H,15,17H2,1-2H3,(H,31,33)(H,32,34). The van der Waals surface area contributed by atoms with Crippen LogP contribution in [0.25, 0.3) is 0 Å². The first-order chi connectivity index (χ1) is 16.8. The Bertz CT molecular complexity index is 1160. The van der Waals surface area contributed by atoms with Crippen molar-refractivity contribution in [3.05, 3.63) is 99.5 Å². The first kappa shape index (κ1) is 26.3. The van der Waals surface area contributed by atoms with E-state index in [9.17, 15) is 9.59 Å². The van der Waals surface area contributed by atoms with Gasteiger partial charge in [-0.3, -0.25) is 9.59 Å². The second-order valence-electron chi connectivity index (χ2n) is 8.35. The normalized spacial score (nSPS) is 11.9. The molecule has 1 atom stereocenters. The van der Waals surface area contributed by atoms with Gasteiger partial charge in [-0.2, -0.15) is 5.10 Å². The molecule has 3 aromatic carbocycles. The van der Waals surface area contributed by atoms with Crippen molar-refractivity contribution in [1.82, 2.24) is 10.7 Å². The summed E-state index contributed by atoms with van der Waals surface area (Å²) in [5.74, 6) is 0.141. The monoisotopic (exact) mass is 511 g/mol. The van der Waals surface area contributed by atoms with Crippen molar-refractivity contribution < 1.29 is 14.3 Å². The van der Waals surface area contributed by atoms with E-state index < -0.39 is 11.9 Å². The average molecular weight is 512 g/mol.